The van der Waals surface area contributed by atoms with E-state index >= 15 is 0 Å². The van der Waals surface area contributed by atoms with Crippen LogP contribution in [0.4, 0.5) is 0 Å². The van der Waals surface area contributed by atoms with E-state index < -0.39 is 6.04 Å². The van der Waals surface area contributed by atoms with E-state index in [1.807, 2.05) is 49.4 Å². The van der Waals surface area contributed by atoms with Crippen molar-refractivity contribution in [2.45, 2.75) is 76.9 Å². The van der Waals surface area contributed by atoms with Crippen LogP contribution in [0.25, 0.3) is 0 Å². The summed E-state index contributed by atoms with van der Waals surface area (Å²) in [6.07, 6.45) is 6.89. The van der Waals surface area contributed by atoms with Gasteiger partial charge in [0.05, 0.1) is 0 Å². The Labute approximate surface area is 206 Å². The molecule has 6 nitrogen and oxygen atoms in total. The maximum atomic E-state index is 13.5. The first-order valence-corrected chi connectivity index (χ1v) is 12.6. The highest BCUT2D eigenvalue weighted by Crippen LogP contribution is 2.33. The number of hydrogen-bond donors (Lipinski definition) is 1. The maximum absolute atomic E-state index is 13.5. The second-order valence-electron chi connectivity index (χ2n) is 9.07. The minimum Gasteiger partial charge on any atom is -0.454 e. The predicted molar refractivity (Wildman–Crippen MR) is 132 cm³/mol. The Morgan fingerprint density at radius 1 is 1.09 bits per heavy atom. The van der Waals surface area contributed by atoms with Gasteiger partial charge in [-0.25, -0.2) is 0 Å². The number of amides is 2. The van der Waals surface area contributed by atoms with E-state index in [0.717, 1.165) is 42.6 Å². The third kappa shape index (κ3) is 6.03. The van der Waals surface area contributed by atoms with Crippen molar-refractivity contribution in [2.75, 3.05) is 6.79 Å². The fraction of sp³-hybridized carbons (Fsp3) is 0.481. The Balaban J connectivity index is 1.49. The Kier molecular flexibility index (Phi) is 8.33. The van der Waals surface area contributed by atoms with Crippen LogP contribution in [0.15, 0.2) is 42.5 Å². The molecular weight excluding hydrogens is 452 g/mol. The van der Waals surface area contributed by atoms with E-state index in [1.165, 1.54) is 6.42 Å². The average Bonchev–Trinajstić information content (AvgIpc) is 3.32. The van der Waals surface area contributed by atoms with E-state index in [2.05, 4.69) is 5.32 Å². The number of nitrogens with one attached hydrogen (secondary N) is 1. The number of aryl methyl sites for hydroxylation is 1. The molecule has 1 atom stereocenters. The van der Waals surface area contributed by atoms with Crippen LogP contribution in [-0.4, -0.2) is 35.6 Å². The van der Waals surface area contributed by atoms with Crippen LogP contribution in [0.3, 0.4) is 0 Å². The number of rotatable bonds is 9. The lowest BCUT2D eigenvalue weighted by Crippen LogP contribution is -2.51. The second kappa shape index (κ2) is 11.6. The second-order valence-corrected chi connectivity index (χ2v) is 9.48. The van der Waals surface area contributed by atoms with Crippen molar-refractivity contribution in [3.63, 3.8) is 0 Å². The summed E-state index contributed by atoms with van der Waals surface area (Å²) in [5, 5.41) is 3.81. The number of halogens is 1. The van der Waals surface area contributed by atoms with E-state index in [0.29, 0.717) is 30.2 Å². The van der Waals surface area contributed by atoms with Gasteiger partial charge in [-0.3, -0.25) is 9.59 Å². The molecule has 2 aliphatic rings. The third-order valence-electron chi connectivity index (χ3n) is 6.70. The molecule has 1 saturated carbocycles. The van der Waals surface area contributed by atoms with Crippen molar-refractivity contribution in [1.82, 2.24) is 10.2 Å². The van der Waals surface area contributed by atoms with Gasteiger partial charge < -0.3 is 19.7 Å². The normalized spacial score (nSPS) is 16.2. The largest absolute Gasteiger partial charge is 0.454 e. The summed E-state index contributed by atoms with van der Waals surface area (Å²) in [6, 6.07) is 12.9. The highest BCUT2D eigenvalue weighted by atomic mass is 35.5. The molecule has 0 bridgehead atoms. The smallest absolute Gasteiger partial charge is 0.243 e. The molecule has 0 radical (unpaired) electrons. The van der Waals surface area contributed by atoms with Gasteiger partial charge in [-0.1, -0.05) is 62.1 Å². The molecule has 4 rings (SSSR count). The van der Waals surface area contributed by atoms with Gasteiger partial charge in [0.25, 0.3) is 0 Å². The van der Waals surface area contributed by atoms with Crippen LogP contribution < -0.4 is 14.8 Å². The minimum absolute atomic E-state index is 0.0665. The first-order chi connectivity index (χ1) is 16.5. The molecule has 1 fully saturated rings. The van der Waals surface area contributed by atoms with E-state index in [9.17, 15) is 9.59 Å². The quantitative estimate of drug-likeness (QED) is 0.527. The van der Waals surface area contributed by atoms with Gasteiger partial charge in [-0.15, -0.1) is 0 Å². The fourth-order valence-corrected chi connectivity index (χ4v) is 4.96. The average molecular weight is 485 g/mol. The van der Waals surface area contributed by atoms with Crippen LogP contribution in [0.2, 0.25) is 5.02 Å². The Hall–Kier alpha value is -2.73. The van der Waals surface area contributed by atoms with Crippen molar-refractivity contribution in [3.05, 3.63) is 58.6 Å². The van der Waals surface area contributed by atoms with Crippen LogP contribution in [0.1, 0.15) is 63.0 Å². The number of fused-ring (bicyclic) bond motifs is 1. The molecule has 34 heavy (non-hydrogen) atoms. The molecule has 0 aromatic heterocycles. The van der Waals surface area contributed by atoms with E-state index in [4.69, 9.17) is 21.1 Å². The molecule has 0 spiro atoms. The fourth-order valence-electron chi connectivity index (χ4n) is 4.77. The summed E-state index contributed by atoms with van der Waals surface area (Å²) in [4.78, 5) is 28.5. The molecule has 1 aliphatic carbocycles. The summed E-state index contributed by atoms with van der Waals surface area (Å²) >= 11 is 6.42. The highest BCUT2D eigenvalue weighted by molar-refractivity contribution is 6.31. The van der Waals surface area contributed by atoms with E-state index in [1.54, 1.807) is 4.90 Å². The number of carbonyl (C=O) groups excluding carboxylic acids is 2. The Bertz CT molecular complexity index is 1010. The number of hydrogen-bond acceptors (Lipinski definition) is 4. The van der Waals surface area contributed by atoms with Gasteiger partial charge in [0, 0.05) is 24.0 Å². The monoisotopic (exact) mass is 484 g/mol. The topological polar surface area (TPSA) is 67.9 Å². The first kappa shape index (κ1) is 24.4. The van der Waals surface area contributed by atoms with Crippen LogP contribution in [-0.2, 0) is 22.6 Å². The number of ether oxygens (including phenoxy) is 2. The van der Waals surface area contributed by atoms with Crippen molar-refractivity contribution < 1.29 is 19.1 Å². The first-order valence-electron chi connectivity index (χ1n) is 12.3. The maximum Gasteiger partial charge on any atom is 0.243 e. The van der Waals surface area contributed by atoms with Crippen LogP contribution in [0.5, 0.6) is 11.5 Å². The van der Waals surface area contributed by atoms with Crippen LogP contribution in [0, 0.1) is 0 Å². The van der Waals surface area contributed by atoms with Gasteiger partial charge in [0.15, 0.2) is 11.5 Å². The molecule has 1 heterocycles. The summed E-state index contributed by atoms with van der Waals surface area (Å²) < 4.78 is 10.8. The van der Waals surface area contributed by atoms with Crippen molar-refractivity contribution in [2.24, 2.45) is 0 Å². The molecule has 0 unspecified atom stereocenters. The number of benzene rings is 2. The van der Waals surface area contributed by atoms with Crippen molar-refractivity contribution in [1.29, 1.82) is 0 Å². The van der Waals surface area contributed by atoms with Gasteiger partial charge in [0.1, 0.15) is 6.04 Å². The minimum atomic E-state index is -0.539. The van der Waals surface area contributed by atoms with E-state index in [-0.39, 0.29) is 31.1 Å². The SMILES string of the molecule is CC[C@H](C(=O)NC1CCCCC1)N(Cc1ccccc1Cl)C(=O)CCc1ccc2c(c1)OCO2. The zero-order valence-electron chi connectivity index (χ0n) is 19.7. The summed E-state index contributed by atoms with van der Waals surface area (Å²) in [7, 11) is 0. The number of nitrogens with zero attached hydrogens (tertiary/aromatic N) is 1. The lowest BCUT2D eigenvalue weighted by Gasteiger charge is -2.33. The van der Waals surface area contributed by atoms with Gasteiger partial charge in [-0.2, -0.15) is 0 Å². The number of carbonyl (C=O) groups is 2. The molecule has 1 N–H and O–H groups in total. The third-order valence-corrected chi connectivity index (χ3v) is 7.07. The zero-order valence-corrected chi connectivity index (χ0v) is 20.5. The standard InChI is InChI=1S/C27H33ClN2O4/c1-2-23(27(32)29-21-9-4-3-5-10-21)30(17-20-8-6-7-11-22(20)28)26(31)15-13-19-12-14-24-25(16-19)34-18-33-24/h6-8,11-12,14,16,21,23H,2-5,9-10,13,15,17-18H2,1H3,(H,29,32)/t23-/m1/s1. The van der Waals surface area contributed by atoms with Crippen LogP contribution >= 0.6 is 11.6 Å². The predicted octanol–water partition coefficient (Wildman–Crippen LogP) is 5.26. The van der Waals surface area contributed by atoms with Crippen molar-refractivity contribution in [3.8, 4) is 11.5 Å². The molecule has 2 amide bonds. The molecule has 2 aromatic rings. The molecule has 7 heteroatoms. The molecule has 1 aliphatic heterocycles. The summed E-state index contributed by atoms with van der Waals surface area (Å²) in [6.45, 7) is 2.48. The summed E-state index contributed by atoms with van der Waals surface area (Å²) in [5.41, 5.74) is 1.83. The molecule has 2 aromatic carbocycles. The lowest BCUT2D eigenvalue weighted by atomic mass is 9.95. The molecule has 0 saturated heterocycles. The molecular formula is C27H33ClN2O4. The Morgan fingerprint density at radius 3 is 2.62 bits per heavy atom. The Morgan fingerprint density at radius 2 is 1.85 bits per heavy atom. The van der Waals surface area contributed by atoms with Gasteiger partial charge in [-0.05, 0) is 55.0 Å². The van der Waals surface area contributed by atoms with Crippen molar-refractivity contribution >= 4 is 23.4 Å². The summed E-state index contributed by atoms with van der Waals surface area (Å²) in [5.74, 6) is 1.29. The van der Waals surface area contributed by atoms with Gasteiger partial charge in [0.2, 0.25) is 18.6 Å². The van der Waals surface area contributed by atoms with Gasteiger partial charge >= 0.3 is 0 Å². The highest BCUT2D eigenvalue weighted by Gasteiger charge is 2.30. The lowest BCUT2D eigenvalue weighted by molar-refractivity contribution is -0.141. The zero-order chi connectivity index (χ0) is 23.9. The molecule has 182 valence electrons.